The third-order valence-corrected chi connectivity index (χ3v) is 8.59. The van der Waals surface area contributed by atoms with Crippen molar-refractivity contribution in [2.24, 2.45) is 0 Å². The number of carbonyl (C=O) groups excluding carboxylic acids is 2. The predicted molar refractivity (Wildman–Crippen MR) is 170 cm³/mol. The number of fused-ring (bicyclic) bond motifs is 2. The first kappa shape index (κ1) is 33.6. The number of unbranched alkanes of at least 4 members (excludes halogenated alkanes) is 13. The van der Waals surface area contributed by atoms with Gasteiger partial charge >= 0.3 is 0 Å². The number of phenolic OH excluding ortho intramolecular Hbond substituents is 1. The van der Waals surface area contributed by atoms with Gasteiger partial charge in [-0.1, -0.05) is 84.0 Å². The predicted octanol–water partition coefficient (Wildman–Crippen LogP) is 8.42. The molecule has 2 aromatic carbocycles. The highest BCUT2D eigenvalue weighted by molar-refractivity contribution is 6.30. The highest BCUT2D eigenvalue weighted by Crippen LogP contribution is 2.39. The summed E-state index contributed by atoms with van der Waals surface area (Å²) >= 11 is 0. The van der Waals surface area contributed by atoms with Gasteiger partial charge in [0, 0.05) is 17.2 Å². The molecule has 0 unspecified atom stereocenters. The van der Waals surface area contributed by atoms with Crippen molar-refractivity contribution < 1.29 is 28.7 Å². The Bertz CT molecular complexity index is 1190. The van der Waals surface area contributed by atoms with Gasteiger partial charge in [0.15, 0.2) is 5.78 Å². The van der Waals surface area contributed by atoms with Gasteiger partial charge in [-0.05, 0) is 43.5 Å². The molecular formula is C36H54NO5+. The number of hydrogen-bond donors (Lipinski definition) is 1. The van der Waals surface area contributed by atoms with Crippen molar-refractivity contribution in [2.75, 3.05) is 40.9 Å². The van der Waals surface area contributed by atoms with E-state index in [1.807, 2.05) is 13.0 Å². The van der Waals surface area contributed by atoms with Gasteiger partial charge in [-0.3, -0.25) is 9.59 Å². The molecule has 1 aliphatic carbocycles. The van der Waals surface area contributed by atoms with E-state index in [2.05, 4.69) is 21.0 Å². The van der Waals surface area contributed by atoms with E-state index in [0.29, 0.717) is 23.7 Å². The highest BCUT2D eigenvalue weighted by atomic mass is 16.5. The lowest BCUT2D eigenvalue weighted by molar-refractivity contribution is -0.890. The summed E-state index contributed by atoms with van der Waals surface area (Å²) in [5, 5.41) is 10.5. The molecule has 3 rings (SSSR count). The standard InChI is InChI=1S/C36H53NO5/c1-6-7-8-9-10-11-12-13-14-15-16-17-18-19-20-37(3,4)21-22-42-32-24-27(2)23-29-34(32)36(40)33-30(35(29)39)25-28(41-5)26-31(33)38/h23-26H,6-22H2,1-5H3/p+1. The molecule has 0 amide bonds. The maximum absolute atomic E-state index is 13.5. The first-order valence-electron chi connectivity index (χ1n) is 16.3. The second-order valence-electron chi connectivity index (χ2n) is 12.7. The highest BCUT2D eigenvalue weighted by Gasteiger charge is 2.35. The number of hydrogen-bond acceptors (Lipinski definition) is 5. The van der Waals surface area contributed by atoms with Crippen LogP contribution in [0.1, 0.15) is 134 Å². The number of nitrogens with zero attached hydrogens (tertiary/aromatic N) is 1. The van der Waals surface area contributed by atoms with Crippen LogP contribution in [-0.4, -0.2) is 62.1 Å². The van der Waals surface area contributed by atoms with Crippen LogP contribution in [0.25, 0.3) is 0 Å². The van der Waals surface area contributed by atoms with Crippen molar-refractivity contribution >= 4 is 11.6 Å². The largest absolute Gasteiger partial charge is 0.507 e. The van der Waals surface area contributed by atoms with E-state index >= 15 is 0 Å². The molecule has 0 spiro atoms. The lowest BCUT2D eigenvalue weighted by atomic mass is 9.82. The van der Waals surface area contributed by atoms with Gasteiger partial charge in [-0.2, -0.15) is 0 Å². The number of aryl methyl sites for hydroxylation is 1. The molecule has 0 aromatic heterocycles. The molecule has 0 saturated carbocycles. The Labute approximate surface area is 254 Å². The van der Waals surface area contributed by atoms with Crippen LogP contribution in [-0.2, 0) is 0 Å². The van der Waals surface area contributed by atoms with Crippen LogP contribution in [0, 0.1) is 6.92 Å². The fraction of sp³-hybridized carbons (Fsp3) is 0.611. The minimum atomic E-state index is -0.397. The van der Waals surface area contributed by atoms with Crippen molar-refractivity contribution in [3.05, 3.63) is 52.1 Å². The van der Waals surface area contributed by atoms with Crippen LogP contribution in [0.4, 0.5) is 0 Å². The van der Waals surface area contributed by atoms with E-state index in [9.17, 15) is 14.7 Å². The maximum atomic E-state index is 13.5. The van der Waals surface area contributed by atoms with Crippen molar-refractivity contribution in [1.82, 2.24) is 0 Å². The van der Waals surface area contributed by atoms with E-state index in [-0.39, 0.29) is 28.2 Å². The number of quaternary nitrogens is 1. The van der Waals surface area contributed by atoms with Gasteiger partial charge in [0.25, 0.3) is 0 Å². The van der Waals surface area contributed by atoms with Crippen molar-refractivity contribution in [3.63, 3.8) is 0 Å². The lowest BCUT2D eigenvalue weighted by Crippen LogP contribution is -2.43. The summed E-state index contributed by atoms with van der Waals surface area (Å²) < 4.78 is 12.2. The first-order chi connectivity index (χ1) is 20.2. The van der Waals surface area contributed by atoms with Gasteiger partial charge in [0.1, 0.15) is 30.4 Å². The fourth-order valence-electron chi connectivity index (χ4n) is 5.94. The summed E-state index contributed by atoms with van der Waals surface area (Å²) in [6.07, 6.45) is 19.0. The van der Waals surface area contributed by atoms with Crippen LogP contribution < -0.4 is 9.47 Å². The van der Waals surface area contributed by atoms with Crippen LogP contribution in [0.3, 0.4) is 0 Å². The summed E-state index contributed by atoms with van der Waals surface area (Å²) in [5.41, 5.74) is 1.56. The summed E-state index contributed by atoms with van der Waals surface area (Å²) in [7, 11) is 5.89. The molecule has 0 saturated heterocycles. The van der Waals surface area contributed by atoms with Crippen molar-refractivity contribution in [2.45, 2.75) is 104 Å². The number of ketones is 2. The van der Waals surface area contributed by atoms with Gasteiger partial charge in [0.05, 0.1) is 38.9 Å². The molecule has 0 aliphatic heterocycles. The molecule has 6 nitrogen and oxygen atoms in total. The number of aromatic hydroxyl groups is 1. The average molecular weight is 581 g/mol. The molecule has 1 aliphatic rings. The molecule has 6 heteroatoms. The van der Waals surface area contributed by atoms with Gasteiger partial charge in [-0.15, -0.1) is 0 Å². The molecule has 0 heterocycles. The van der Waals surface area contributed by atoms with E-state index in [1.54, 1.807) is 6.07 Å². The Morgan fingerprint density at radius 2 is 1.24 bits per heavy atom. The van der Waals surface area contributed by atoms with Crippen LogP contribution in [0.5, 0.6) is 17.2 Å². The molecule has 42 heavy (non-hydrogen) atoms. The quantitative estimate of drug-likeness (QED) is 0.107. The molecule has 0 fully saturated rings. The molecule has 1 N–H and O–H groups in total. The minimum Gasteiger partial charge on any atom is -0.507 e. The number of phenols is 1. The first-order valence-corrected chi connectivity index (χ1v) is 16.3. The summed E-state index contributed by atoms with van der Waals surface area (Å²) in [6, 6.07) is 6.40. The Hall–Kier alpha value is -2.86. The number of methoxy groups -OCH3 is 1. The molecule has 0 radical (unpaired) electrons. The van der Waals surface area contributed by atoms with Crippen LogP contribution >= 0.6 is 0 Å². The summed E-state index contributed by atoms with van der Waals surface area (Å²) in [5.74, 6) is -0.229. The molecule has 232 valence electrons. The minimum absolute atomic E-state index is 0.0101. The number of carbonyl (C=O) groups is 2. The van der Waals surface area contributed by atoms with Crippen LogP contribution in [0.2, 0.25) is 0 Å². The summed E-state index contributed by atoms with van der Waals surface area (Å²) in [4.78, 5) is 26.8. The third-order valence-electron chi connectivity index (χ3n) is 8.59. The monoisotopic (exact) mass is 580 g/mol. The average Bonchev–Trinajstić information content (AvgIpc) is 2.95. The lowest BCUT2D eigenvalue weighted by Gasteiger charge is -2.30. The Morgan fingerprint density at radius 3 is 1.81 bits per heavy atom. The van der Waals surface area contributed by atoms with Crippen molar-refractivity contribution in [3.8, 4) is 17.2 Å². The second-order valence-corrected chi connectivity index (χ2v) is 12.7. The number of ether oxygens (including phenoxy) is 2. The molecular weight excluding hydrogens is 526 g/mol. The van der Waals surface area contributed by atoms with Gasteiger partial charge < -0.3 is 19.1 Å². The maximum Gasteiger partial charge on any atom is 0.201 e. The smallest absolute Gasteiger partial charge is 0.201 e. The van der Waals surface area contributed by atoms with Crippen molar-refractivity contribution in [1.29, 1.82) is 0 Å². The topological polar surface area (TPSA) is 72.8 Å². The number of benzene rings is 2. The molecule has 2 aromatic rings. The van der Waals surface area contributed by atoms with Crippen LogP contribution in [0.15, 0.2) is 24.3 Å². The fourth-order valence-corrected chi connectivity index (χ4v) is 5.94. The third kappa shape index (κ3) is 9.58. The molecule has 0 atom stereocenters. The Balaban J connectivity index is 1.40. The van der Waals surface area contributed by atoms with E-state index < -0.39 is 5.78 Å². The zero-order valence-electron chi connectivity index (χ0n) is 26.9. The Morgan fingerprint density at radius 1 is 0.690 bits per heavy atom. The van der Waals surface area contributed by atoms with Gasteiger partial charge in [-0.25, -0.2) is 0 Å². The van der Waals surface area contributed by atoms with E-state index in [4.69, 9.17) is 9.47 Å². The number of likely N-dealkylation sites (N-methyl/N-ethyl adjacent to an activating group) is 1. The van der Waals surface area contributed by atoms with E-state index in [1.165, 1.54) is 109 Å². The molecule has 0 bridgehead atoms. The van der Waals surface area contributed by atoms with Gasteiger partial charge in [0.2, 0.25) is 5.78 Å². The second kappa shape index (κ2) is 16.7. The SMILES string of the molecule is CCCCCCCCCCCCCCCC[N+](C)(C)CCOc1cc(C)cc2c1C(=O)c1c(O)cc(OC)cc1C2=O. The Kier molecular flexibility index (Phi) is 13.4. The number of rotatable bonds is 20. The normalized spacial score (nSPS) is 12.8. The summed E-state index contributed by atoms with van der Waals surface area (Å²) in [6.45, 7) is 6.47. The zero-order chi connectivity index (χ0) is 30.5. The zero-order valence-corrected chi connectivity index (χ0v) is 26.9. The van der Waals surface area contributed by atoms with E-state index in [0.717, 1.165) is 23.1 Å².